The van der Waals surface area contributed by atoms with Gasteiger partial charge in [-0.3, -0.25) is 10.1 Å². The second kappa shape index (κ2) is 7.00. The molecule has 0 radical (unpaired) electrons. The summed E-state index contributed by atoms with van der Waals surface area (Å²) in [5, 5.41) is 2.69. The average molecular weight is 392 g/mol. The van der Waals surface area contributed by atoms with Crippen molar-refractivity contribution in [1.29, 1.82) is 0 Å². The van der Waals surface area contributed by atoms with E-state index in [2.05, 4.69) is 26.2 Å². The maximum atomic E-state index is 12.0. The Morgan fingerprint density at radius 1 is 1.21 bits per heavy atom. The number of carbonyl (C=O) groups is 2. The molecule has 0 unspecified atom stereocenters. The second-order valence-corrected chi connectivity index (χ2v) is 7.00. The third-order valence-corrected chi connectivity index (χ3v) is 3.37. The fourth-order valence-corrected chi connectivity index (χ4v) is 2.41. The first-order valence-electron chi connectivity index (χ1n) is 7.22. The number of nitrogens with one attached hydrogen (secondary N) is 1. The normalized spacial score (nSPS) is 11.0. The first-order chi connectivity index (χ1) is 11.2. The van der Waals surface area contributed by atoms with Gasteiger partial charge in [0.1, 0.15) is 11.3 Å². The Bertz CT molecular complexity index is 785. The number of anilines is 1. The summed E-state index contributed by atoms with van der Waals surface area (Å²) in [5.41, 5.74) is 6.54. The van der Waals surface area contributed by atoms with Gasteiger partial charge in [-0.1, -0.05) is 18.2 Å². The minimum Gasteiger partial charge on any atom is -0.444 e. The monoisotopic (exact) mass is 391 g/mol. The molecule has 1 aromatic carbocycles. The van der Waals surface area contributed by atoms with Crippen molar-refractivity contribution in [3.63, 3.8) is 0 Å². The Morgan fingerprint density at radius 3 is 2.50 bits per heavy atom. The van der Waals surface area contributed by atoms with Crippen molar-refractivity contribution in [2.24, 2.45) is 5.73 Å². The smallest absolute Gasteiger partial charge is 0.412 e. The Balaban J connectivity index is 2.45. The standard InChI is InChI=1S/C17H18BrN3O3/c1-17(2,3)24-16(23)21-13-7-5-4-6-11(13)12-8-10(18)9-20-14(12)15(19)22/h4-9H,1-3H3,(H2,19,22)(H,21,23). The number of rotatable bonds is 3. The van der Waals surface area contributed by atoms with Gasteiger partial charge in [0.25, 0.3) is 5.91 Å². The molecule has 2 amide bonds. The molecule has 2 rings (SSSR count). The van der Waals surface area contributed by atoms with Gasteiger partial charge in [0.2, 0.25) is 0 Å². The van der Waals surface area contributed by atoms with Gasteiger partial charge in [-0.05, 0) is 48.8 Å². The van der Waals surface area contributed by atoms with E-state index in [9.17, 15) is 9.59 Å². The number of carbonyl (C=O) groups excluding carboxylic acids is 2. The van der Waals surface area contributed by atoms with Gasteiger partial charge in [0, 0.05) is 21.8 Å². The lowest BCUT2D eigenvalue weighted by molar-refractivity contribution is 0.0636. The number of nitrogens with two attached hydrogens (primary N) is 1. The number of nitrogens with zero attached hydrogens (tertiary/aromatic N) is 1. The van der Waals surface area contributed by atoms with Gasteiger partial charge in [-0.15, -0.1) is 0 Å². The number of ether oxygens (including phenoxy) is 1. The molecule has 1 heterocycles. The molecule has 2 aromatic rings. The second-order valence-electron chi connectivity index (χ2n) is 6.09. The molecule has 0 aliphatic heterocycles. The summed E-state index contributed by atoms with van der Waals surface area (Å²) in [7, 11) is 0. The summed E-state index contributed by atoms with van der Waals surface area (Å²) in [6, 6.07) is 8.77. The van der Waals surface area contributed by atoms with Crippen molar-refractivity contribution >= 4 is 33.6 Å². The van der Waals surface area contributed by atoms with Gasteiger partial charge in [0.15, 0.2) is 0 Å². The van der Waals surface area contributed by atoms with E-state index in [0.29, 0.717) is 21.3 Å². The van der Waals surface area contributed by atoms with Crippen molar-refractivity contribution in [2.45, 2.75) is 26.4 Å². The van der Waals surface area contributed by atoms with Crippen LogP contribution in [0.25, 0.3) is 11.1 Å². The molecular formula is C17H18BrN3O3. The molecule has 0 saturated heterocycles. The number of benzene rings is 1. The topological polar surface area (TPSA) is 94.3 Å². The highest BCUT2D eigenvalue weighted by molar-refractivity contribution is 9.10. The average Bonchev–Trinajstić information content (AvgIpc) is 2.45. The molecule has 0 bridgehead atoms. The summed E-state index contributed by atoms with van der Waals surface area (Å²) in [5.74, 6) is -0.649. The maximum Gasteiger partial charge on any atom is 0.412 e. The molecule has 0 spiro atoms. The summed E-state index contributed by atoms with van der Waals surface area (Å²) in [4.78, 5) is 27.8. The van der Waals surface area contributed by atoms with Crippen LogP contribution >= 0.6 is 15.9 Å². The van der Waals surface area contributed by atoms with E-state index in [1.165, 1.54) is 6.20 Å². The van der Waals surface area contributed by atoms with Crippen LogP contribution in [0.1, 0.15) is 31.3 Å². The number of halogens is 1. The molecule has 7 heteroatoms. The number of para-hydroxylation sites is 1. The van der Waals surface area contributed by atoms with Gasteiger partial charge in [-0.2, -0.15) is 0 Å². The largest absolute Gasteiger partial charge is 0.444 e. The van der Waals surface area contributed by atoms with Crippen LogP contribution in [0, 0.1) is 0 Å². The van der Waals surface area contributed by atoms with Crippen LogP contribution in [0.4, 0.5) is 10.5 Å². The highest BCUT2D eigenvalue weighted by Gasteiger charge is 2.19. The predicted molar refractivity (Wildman–Crippen MR) is 95.7 cm³/mol. The zero-order valence-electron chi connectivity index (χ0n) is 13.6. The van der Waals surface area contributed by atoms with E-state index in [0.717, 1.165) is 0 Å². The summed E-state index contributed by atoms with van der Waals surface area (Å²) >= 11 is 3.33. The first kappa shape index (κ1) is 17.9. The Kier molecular flexibility index (Phi) is 5.23. The minimum atomic E-state index is -0.649. The number of primary amides is 1. The summed E-state index contributed by atoms with van der Waals surface area (Å²) in [6.07, 6.45) is 0.909. The Morgan fingerprint density at radius 2 is 1.88 bits per heavy atom. The van der Waals surface area contributed by atoms with Gasteiger partial charge in [0.05, 0.1) is 5.69 Å². The number of pyridine rings is 1. The highest BCUT2D eigenvalue weighted by atomic mass is 79.9. The lowest BCUT2D eigenvalue weighted by Gasteiger charge is -2.20. The van der Waals surface area contributed by atoms with E-state index >= 15 is 0 Å². The first-order valence-corrected chi connectivity index (χ1v) is 8.01. The highest BCUT2D eigenvalue weighted by Crippen LogP contribution is 2.32. The maximum absolute atomic E-state index is 12.0. The SMILES string of the molecule is CC(C)(C)OC(=O)Nc1ccccc1-c1cc(Br)cnc1C(N)=O. The van der Waals surface area contributed by atoms with Crippen LogP contribution in [0.3, 0.4) is 0 Å². The third kappa shape index (κ3) is 4.55. The van der Waals surface area contributed by atoms with Crippen molar-refractivity contribution in [3.8, 4) is 11.1 Å². The van der Waals surface area contributed by atoms with Crippen LogP contribution < -0.4 is 11.1 Å². The van der Waals surface area contributed by atoms with Crippen LogP contribution in [-0.4, -0.2) is 22.6 Å². The molecule has 1 aromatic heterocycles. The van der Waals surface area contributed by atoms with Crippen molar-refractivity contribution < 1.29 is 14.3 Å². The van der Waals surface area contributed by atoms with Crippen LogP contribution in [0.15, 0.2) is 41.0 Å². The van der Waals surface area contributed by atoms with Crippen molar-refractivity contribution in [3.05, 3.63) is 46.7 Å². The molecule has 0 aliphatic rings. The van der Waals surface area contributed by atoms with Crippen LogP contribution in [0.5, 0.6) is 0 Å². The lowest BCUT2D eigenvalue weighted by atomic mass is 10.0. The molecule has 0 fully saturated rings. The lowest BCUT2D eigenvalue weighted by Crippen LogP contribution is -2.27. The van der Waals surface area contributed by atoms with Crippen molar-refractivity contribution in [1.82, 2.24) is 4.98 Å². The van der Waals surface area contributed by atoms with Crippen molar-refractivity contribution in [2.75, 3.05) is 5.32 Å². The molecule has 3 N–H and O–H groups in total. The molecule has 0 atom stereocenters. The third-order valence-electron chi connectivity index (χ3n) is 2.94. The van der Waals surface area contributed by atoms with E-state index in [-0.39, 0.29) is 5.69 Å². The number of hydrogen-bond acceptors (Lipinski definition) is 4. The molecular weight excluding hydrogens is 374 g/mol. The van der Waals surface area contributed by atoms with Gasteiger partial charge < -0.3 is 10.5 Å². The molecule has 6 nitrogen and oxygen atoms in total. The molecule has 0 saturated carbocycles. The fraction of sp³-hybridized carbons (Fsp3) is 0.235. The zero-order chi connectivity index (χ0) is 17.9. The van der Waals surface area contributed by atoms with Crippen LogP contribution in [-0.2, 0) is 4.74 Å². The predicted octanol–water partition coefficient (Wildman–Crippen LogP) is 3.96. The van der Waals surface area contributed by atoms with Crippen LogP contribution in [0.2, 0.25) is 0 Å². The fourth-order valence-electron chi connectivity index (χ4n) is 2.08. The van der Waals surface area contributed by atoms with E-state index in [1.54, 1.807) is 51.1 Å². The number of amides is 2. The Hall–Kier alpha value is -2.41. The van der Waals surface area contributed by atoms with Gasteiger partial charge in [-0.25, -0.2) is 9.78 Å². The number of hydrogen-bond donors (Lipinski definition) is 2. The van der Waals surface area contributed by atoms with Gasteiger partial charge >= 0.3 is 6.09 Å². The van der Waals surface area contributed by atoms with E-state index in [4.69, 9.17) is 10.5 Å². The quantitative estimate of drug-likeness (QED) is 0.827. The molecule has 24 heavy (non-hydrogen) atoms. The van der Waals surface area contributed by atoms with E-state index < -0.39 is 17.6 Å². The zero-order valence-corrected chi connectivity index (χ0v) is 15.2. The molecule has 0 aliphatic carbocycles. The minimum absolute atomic E-state index is 0.122. The summed E-state index contributed by atoms with van der Waals surface area (Å²) in [6.45, 7) is 5.34. The van der Waals surface area contributed by atoms with E-state index in [1.807, 2.05) is 0 Å². The molecule has 126 valence electrons. The summed E-state index contributed by atoms with van der Waals surface area (Å²) < 4.78 is 5.96. The Labute approximate surface area is 148 Å². The number of aromatic nitrogens is 1.